The van der Waals surface area contributed by atoms with Gasteiger partial charge in [0.25, 0.3) is 0 Å². The van der Waals surface area contributed by atoms with Crippen LogP contribution < -0.4 is 0 Å². The molecular formula is C17H13FeN+2. The maximum atomic E-state index is 4.14. The molecule has 1 aromatic heterocycles. The van der Waals surface area contributed by atoms with E-state index < -0.39 is 0 Å². The van der Waals surface area contributed by atoms with E-state index in [4.69, 9.17) is 0 Å². The minimum atomic E-state index is 0. The first-order valence-electron chi connectivity index (χ1n) is 6.00. The van der Waals surface area contributed by atoms with Gasteiger partial charge in [-0.25, -0.2) is 0 Å². The first-order valence-corrected chi connectivity index (χ1v) is 6.00. The number of hydrogen-bond donors (Lipinski definition) is 0. The number of rotatable bonds is 0. The van der Waals surface area contributed by atoms with Gasteiger partial charge in [0.15, 0.2) is 0 Å². The van der Waals surface area contributed by atoms with Crippen LogP contribution in [0, 0.1) is 63.2 Å². The van der Waals surface area contributed by atoms with Crippen molar-refractivity contribution in [2.24, 2.45) is 0 Å². The second-order valence-electron chi connectivity index (χ2n) is 4.15. The SMILES string of the molecule is [CH]1[CH][CH][CH][CH]1.[CH]1[CH][C]2C=Cc3ccncc3[C]2[CH]1.[Fe+2]. The van der Waals surface area contributed by atoms with E-state index in [0.29, 0.717) is 0 Å². The van der Waals surface area contributed by atoms with E-state index >= 15 is 0 Å². The molecule has 0 aliphatic heterocycles. The van der Waals surface area contributed by atoms with E-state index in [1.54, 1.807) is 0 Å². The molecular weight excluding hydrogens is 274 g/mol. The molecule has 1 heterocycles. The van der Waals surface area contributed by atoms with Gasteiger partial charge in [0.05, 0.1) is 0 Å². The minimum absolute atomic E-state index is 0. The zero-order chi connectivity index (χ0) is 12.2. The van der Waals surface area contributed by atoms with Gasteiger partial charge in [-0.15, -0.1) is 0 Å². The molecule has 0 atom stereocenters. The van der Waals surface area contributed by atoms with Crippen LogP contribution in [0.2, 0.25) is 0 Å². The molecule has 0 unspecified atom stereocenters. The third-order valence-corrected chi connectivity index (χ3v) is 2.99. The smallest absolute Gasteiger partial charge is 0.264 e. The minimum Gasteiger partial charge on any atom is -0.264 e. The van der Waals surface area contributed by atoms with Crippen molar-refractivity contribution in [3.8, 4) is 0 Å². The van der Waals surface area contributed by atoms with Crippen LogP contribution in [0.3, 0.4) is 0 Å². The maximum absolute atomic E-state index is 4.14. The molecule has 0 saturated heterocycles. The second kappa shape index (κ2) is 7.26. The summed E-state index contributed by atoms with van der Waals surface area (Å²) in [6.45, 7) is 0. The number of aromatic nitrogens is 1. The van der Waals surface area contributed by atoms with Crippen molar-refractivity contribution in [1.29, 1.82) is 0 Å². The number of fused-ring (bicyclic) bond motifs is 3. The van der Waals surface area contributed by atoms with Crippen molar-refractivity contribution in [3.05, 3.63) is 98.9 Å². The van der Waals surface area contributed by atoms with E-state index in [9.17, 15) is 0 Å². The Bertz CT molecular complexity index is 415. The number of hydrogen-bond acceptors (Lipinski definition) is 1. The second-order valence-corrected chi connectivity index (χ2v) is 4.15. The van der Waals surface area contributed by atoms with Crippen LogP contribution in [0.15, 0.2) is 24.5 Å². The van der Waals surface area contributed by atoms with Gasteiger partial charge in [-0.3, -0.25) is 4.98 Å². The maximum Gasteiger partial charge on any atom is 2.00 e. The monoisotopic (exact) mass is 287 g/mol. The van der Waals surface area contributed by atoms with E-state index in [1.165, 1.54) is 23.0 Å². The summed E-state index contributed by atoms with van der Waals surface area (Å²) in [5, 5.41) is 0. The first kappa shape index (κ1) is 14.8. The standard InChI is InChI=1S/C12H8N.C5H5.Fe/c1-2-9-4-5-10-6-7-13-8-12(10)11(9)3-1;1-2-4-5-3-1;/h1-8H;1-5H;/q;;+2. The Balaban J connectivity index is 0.000000190. The molecule has 0 aromatic carbocycles. The van der Waals surface area contributed by atoms with Crippen molar-refractivity contribution < 1.29 is 17.1 Å². The summed E-state index contributed by atoms with van der Waals surface area (Å²) in [4.78, 5) is 4.14. The number of allylic oxidation sites excluding steroid dienone is 1. The molecule has 10 radical (unpaired) electrons. The fraction of sp³-hybridized carbons (Fsp3) is 0. The van der Waals surface area contributed by atoms with Gasteiger partial charge in [-0.2, -0.15) is 0 Å². The van der Waals surface area contributed by atoms with Crippen LogP contribution in [0.4, 0.5) is 0 Å². The van der Waals surface area contributed by atoms with Crippen molar-refractivity contribution in [3.63, 3.8) is 0 Å². The van der Waals surface area contributed by atoms with Crippen molar-refractivity contribution in [2.75, 3.05) is 0 Å². The Kier molecular flexibility index (Phi) is 5.66. The molecule has 19 heavy (non-hydrogen) atoms. The Labute approximate surface area is 127 Å². The fourth-order valence-corrected chi connectivity index (χ4v) is 2.10. The molecule has 2 fully saturated rings. The number of pyridine rings is 1. The summed E-state index contributed by atoms with van der Waals surface area (Å²) in [5.41, 5.74) is 2.50. The van der Waals surface area contributed by atoms with Crippen LogP contribution >= 0.6 is 0 Å². The van der Waals surface area contributed by atoms with Gasteiger partial charge >= 0.3 is 17.1 Å². The molecule has 1 nitrogen and oxygen atoms in total. The van der Waals surface area contributed by atoms with Crippen molar-refractivity contribution in [1.82, 2.24) is 4.98 Å². The molecule has 0 amide bonds. The third kappa shape index (κ3) is 3.49. The fourth-order valence-electron chi connectivity index (χ4n) is 2.10. The molecule has 3 aliphatic rings. The molecule has 3 aliphatic carbocycles. The Morgan fingerprint density at radius 3 is 2.26 bits per heavy atom. The quantitative estimate of drug-likeness (QED) is 0.667. The van der Waals surface area contributed by atoms with Crippen LogP contribution in [-0.4, -0.2) is 4.98 Å². The van der Waals surface area contributed by atoms with Crippen LogP contribution in [0.25, 0.3) is 6.08 Å². The Morgan fingerprint density at radius 1 is 0.789 bits per heavy atom. The van der Waals surface area contributed by atoms with Gasteiger partial charge in [0, 0.05) is 24.2 Å². The predicted molar refractivity (Wildman–Crippen MR) is 73.3 cm³/mol. The zero-order valence-electron chi connectivity index (χ0n) is 10.3. The summed E-state index contributed by atoms with van der Waals surface area (Å²) in [5.74, 6) is 2.59. The first-order chi connectivity index (χ1) is 8.95. The molecule has 0 spiro atoms. The number of nitrogens with zero attached hydrogens (tertiary/aromatic N) is 1. The molecule has 4 rings (SSSR count). The third-order valence-electron chi connectivity index (χ3n) is 2.99. The summed E-state index contributed by atoms with van der Waals surface area (Å²) in [7, 11) is 0. The van der Waals surface area contributed by atoms with Crippen molar-refractivity contribution in [2.45, 2.75) is 0 Å². The Hall–Kier alpha value is -0.591. The molecule has 92 valence electrons. The average Bonchev–Trinajstić information content (AvgIpc) is 3.12. The van der Waals surface area contributed by atoms with E-state index in [2.05, 4.69) is 36.4 Å². The van der Waals surface area contributed by atoms with Gasteiger partial charge in [0.2, 0.25) is 0 Å². The topological polar surface area (TPSA) is 12.9 Å². The van der Waals surface area contributed by atoms with Crippen molar-refractivity contribution >= 4 is 6.08 Å². The predicted octanol–water partition coefficient (Wildman–Crippen LogP) is 3.25. The summed E-state index contributed by atoms with van der Waals surface area (Å²) in [6.07, 6.45) is 24.4. The molecule has 2 heteroatoms. The molecule has 0 N–H and O–H groups in total. The van der Waals surface area contributed by atoms with E-state index in [0.717, 1.165) is 0 Å². The largest absolute Gasteiger partial charge is 2.00 e. The molecule has 2 saturated carbocycles. The normalized spacial score (nSPS) is 21.1. The van der Waals surface area contributed by atoms with Gasteiger partial charge in [-0.1, -0.05) is 12.2 Å². The van der Waals surface area contributed by atoms with Gasteiger partial charge in [-0.05, 0) is 68.6 Å². The summed E-state index contributed by atoms with van der Waals surface area (Å²) in [6, 6.07) is 2.04. The summed E-state index contributed by atoms with van der Waals surface area (Å²) < 4.78 is 0. The average molecular weight is 287 g/mol. The van der Waals surface area contributed by atoms with E-state index in [1.807, 2.05) is 50.6 Å². The van der Waals surface area contributed by atoms with Crippen LogP contribution in [0.5, 0.6) is 0 Å². The molecule has 1 aromatic rings. The zero-order valence-corrected chi connectivity index (χ0v) is 11.4. The van der Waals surface area contributed by atoms with Gasteiger partial charge < -0.3 is 0 Å². The molecule has 0 bridgehead atoms. The van der Waals surface area contributed by atoms with E-state index in [-0.39, 0.29) is 17.1 Å². The Morgan fingerprint density at radius 2 is 1.53 bits per heavy atom. The summed E-state index contributed by atoms with van der Waals surface area (Å²) >= 11 is 0. The van der Waals surface area contributed by atoms with Crippen LogP contribution in [0.1, 0.15) is 11.1 Å². The van der Waals surface area contributed by atoms with Gasteiger partial charge in [0.1, 0.15) is 0 Å². The van der Waals surface area contributed by atoms with Crippen LogP contribution in [-0.2, 0) is 17.1 Å².